The molecule has 5 nitrogen and oxygen atoms in total. The van der Waals surface area contributed by atoms with Gasteiger partial charge in [-0.25, -0.2) is 4.79 Å². The molecule has 2 aromatic rings. The maximum Gasteiger partial charge on any atom is 0.317 e. The number of likely N-dealkylation sites (N-methyl/N-ethyl adjacent to an activating group) is 1. The molecule has 0 unspecified atom stereocenters. The van der Waals surface area contributed by atoms with Gasteiger partial charge >= 0.3 is 6.03 Å². The summed E-state index contributed by atoms with van der Waals surface area (Å²) in [4.78, 5) is 20.1. The van der Waals surface area contributed by atoms with E-state index in [1.807, 2.05) is 18.7 Å². The number of nitrogens with zero attached hydrogens (tertiary/aromatic N) is 2. The van der Waals surface area contributed by atoms with Crippen molar-refractivity contribution in [1.29, 1.82) is 0 Å². The summed E-state index contributed by atoms with van der Waals surface area (Å²) in [5, 5.41) is 4.51. The Kier molecular flexibility index (Phi) is 4.57. The van der Waals surface area contributed by atoms with Gasteiger partial charge in [0.25, 0.3) is 0 Å². The molecular weight excluding hydrogens is 392 g/mol. The van der Waals surface area contributed by atoms with Gasteiger partial charge in [-0.15, -0.1) is 0 Å². The molecule has 2 N–H and O–H groups in total. The van der Waals surface area contributed by atoms with Crippen molar-refractivity contribution in [3.63, 3.8) is 0 Å². The number of fused-ring (bicyclic) bond motifs is 2. The fourth-order valence-electron chi connectivity index (χ4n) is 4.34. The number of rotatable bonds is 3. The van der Waals surface area contributed by atoms with Crippen LogP contribution in [0.2, 0.25) is 0 Å². The van der Waals surface area contributed by atoms with Crippen molar-refractivity contribution in [2.24, 2.45) is 0 Å². The monoisotopic (exact) mass is 416 g/mol. The zero-order valence-corrected chi connectivity index (χ0v) is 17.1. The first-order valence-electron chi connectivity index (χ1n) is 9.29. The van der Waals surface area contributed by atoms with Crippen molar-refractivity contribution >= 4 is 38.4 Å². The Labute approximate surface area is 162 Å². The van der Waals surface area contributed by atoms with Crippen LogP contribution in [0.1, 0.15) is 25.0 Å². The Morgan fingerprint density at radius 1 is 1.38 bits per heavy atom. The first-order chi connectivity index (χ1) is 12.5. The van der Waals surface area contributed by atoms with Crippen LogP contribution in [-0.2, 0) is 6.42 Å². The molecule has 138 valence electrons. The largest absolute Gasteiger partial charge is 0.361 e. The van der Waals surface area contributed by atoms with Crippen LogP contribution < -0.4 is 5.32 Å². The van der Waals surface area contributed by atoms with Crippen molar-refractivity contribution in [3.8, 4) is 0 Å². The molecule has 0 saturated carbocycles. The number of aromatic nitrogens is 1. The van der Waals surface area contributed by atoms with Crippen molar-refractivity contribution in [3.05, 3.63) is 40.0 Å². The van der Waals surface area contributed by atoms with Gasteiger partial charge in [0.2, 0.25) is 0 Å². The maximum absolute atomic E-state index is 12.5. The Morgan fingerprint density at radius 2 is 2.15 bits per heavy atom. The van der Waals surface area contributed by atoms with E-state index in [9.17, 15) is 4.79 Å². The third-order valence-corrected chi connectivity index (χ3v) is 6.36. The van der Waals surface area contributed by atoms with E-state index >= 15 is 0 Å². The zero-order valence-electron chi connectivity index (χ0n) is 15.5. The molecule has 1 aromatic carbocycles. The van der Waals surface area contributed by atoms with E-state index in [0.717, 1.165) is 30.5 Å². The Balaban J connectivity index is 1.73. The highest BCUT2D eigenvalue weighted by Crippen LogP contribution is 2.43. The highest BCUT2D eigenvalue weighted by Gasteiger charge is 2.35. The molecule has 2 amide bonds. The summed E-state index contributed by atoms with van der Waals surface area (Å²) in [6, 6.07) is 4.61. The standard InChI is InChI=1S/C20H25BrN4O/c1-4-25(5-2)20(26)23-13-9-14-17(24(3)11-13)8-12-10-22-16-7-6-15(21)19(14)18(12)16/h6-7,9-10,13,17,22H,4-5,8,11H2,1-3H3,(H,23,26)/t13-,17+/m0/s1. The number of H-pyrrole nitrogens is 1. The second kappa shape index (κ2) is 6.74. The predicted molar refractivity (Wildman–Crippen MR) is 109 cm³/mol. The number of amides is 2. The average Bonchev–Trinajstić information content (AvgIpc) is 3.02. The van der Waals surface area contributed by atoms with E-state index in [4.69, 9.17) is 0 Å². The maximum atomic E-state index is 12.5. The Bertz CT molecular complexity index is 883. The van der Waals surface area contributed by atoms with Gasteiger partial charge in [0, 0.05) is 52.8 Å². The summed E-state index contributed by atoms with van der Waals surface area (Å²) in [7, 11) is 2.15. The molecule has 0 fully saturated rings. The molecule has 2 heterocycles. The average molecular weight is 417 g/mol. The van der Waals surface area contributed by atoms with Gasteiger partial charge in [-0.1, -0.05) is 22.0 Å². The van der Waals surface area contributed by atoms with Gasteiger partial charge in [-0.2, -0.15) is 0 Å². The van der Waals surface area contributed by atoms with Crippen LogP contribution in [0.15, 0.2) is 28.9 Å². The minimum Gasteiger partial charge on any atom is -0.361 e. The van der Waals surface area contributed by atoms with Crippen molar-refractivity contribution in [1.82, 2.24) is 20.1 Å². The van der Waals surface area contributed by atoms with Crippen molar-refractivity contribution in [2.75, 3.05) is 26.7 Å². The van der Waals surface area contributed by atoms with Crippen LogP contribution >= 0.6 is 15.9 Å². The number of benzene rings is 1. The molecule has 0 radical (unpaired) electrons. The highest BCUT2D eigenvalue weighted by atomic mass is 79.9. The second-order valence-corrected chi connectivity index (χ2v) is 8.02. The lowest BCUT2D eigenvalue weighted by molar-refractivity contribution is 0.193. The van der Waals surface area contributed by atoms with Crippen LogP contribution in [0.25, 0.3) is 16.5 Å². The second-order valence-electron chi connectivity index (χ2n) is 7.17. The molecule has 4 rings (SSSR count). The lowest BCUT2D eigenvalue weighted by Crippen LogP contribution is -2.52. The Morgan fingerprint density at radius 3 is 2.88 bits per heavy atom. The van der Waals surface area contributed by atoms with E-state index in [-0.39, 0.29) is 12.1 Å². The van der Waals surface area contributed by atoms with Crippen LogP contribution in [0, 0.1) is 0 Å². The highest BCUT2D eigenvalue weighted by molar-refractivity contribution is 9.10. The van der Waals surface area contributed by atoms with E-state index in [1.165, 1.54) is 27.6 Å². The minimum absolute atomic E-state index is 0.0131. The lowest BCUT2D eigenvalue weighted by Gasteiger charge is -2.40. The number of carbonyl (C=O) groups is 1. The first kappa shape index (κ1) is 17.6. The number of hydrogen-bond acceptors (Lipinski definition) is 2. The Hall–Kier alpha value is -1.79. The molecule has 0 spiro atoms. The fourth-order valence-corrected chi connectivity index (χ4v) is 4.90. The number of nitrogens with one attached hydrogen (secondary N) is 2. The molecule has 2 aliphatic rings. The van der Waals surface area contributed by atoms with Gasteiger partial charge in [0.05, 0.1) is 6.04 Å². The van der Waals surface area contributed by atoms with Gasteiger partial charge in [0.15, 0.2) is 0 Å². The lowest BCUT2D eigenvalue weighted by atomic mass is 9.81. The third kappa shape index (κ3) is 2.76. The summed E-state index contributed by atoms with van der Waals surface area (Å²) in [6.45, 7) is 6.30. The van der Waals surface area contributed by atoms with Crippen molar-refractivity contribution in [2.45, 2.75) is 32.4 Å². The summed E-state index contributed by atoms with van der Waals surface area (Å²) in [5.74, 6) is 0. The van der Waals surface area contributed by atoms with E-state index in [2.05, 4.69) is 62.6 Å². The summed E-state index contributed by atoms with van der Waals surface area (Å²) >= 11 is 3.76. The number of carbonyl (C=O) groups excluding carboxylic acids is 1. The van der Waals surface area contributed by atoms with Crippen LogP contribution in [-0.4, -0.2) is 59.6 Å². The molecule has 6 heteroatoms. The quantitative estimate of drug-likeness (QED) is 0.802. The molecule has 0 saturated heterocycles. The zero-order chi connectivity index (χ0) is 18.4. The number of halogens is 1. The third-order valence-electron chi connectivity index (χ3n) is 5.70. The van der Waals surface area contributed by atoms with Crippen molar-refractivity contribution < 1.29 is 4.79 Å². The molecule has 1 aromatic heterocycles. The molecule has 2 atom stereocenters. The summed E-state index contributed by atoms with van der Waals surface area (Å²) < 4.78 is 1.12. The molecule has 0 bridgehead atoms. The predicted octanol–water partition coefficient (Wildman–Crippen LogP) is 3.60. The SMILES string of the molecule is CCN(CC)C(=O)N[C@H]1C=C2c3c(Br)ccc4[nH]cc(c34)C[C@H]2N(C)C1. The first-order valence-corrected chi connectivity index (χ1v) is 10.1. The molecule has 1 aliphatic carbocycles. The molecular formula is C20H25BrN4O. The fraction of sp³-hybridized carbons (Fsp3) is 0.450. The van der Waals surface area contributed by atoms with Crippen LogP contribution in [0.3, 0.4) is 0 Å². The van der Waals surface area contributed by atoms with Gasteiger partial charge in [-0.05, 0) is 50.6 Å². The number of hydrogen-bond donors (Lipinski definition) is 2. The van der Waals surface area contributed by atoms with Crippen LogP contribution in [0.5, 0.6) is 0 Å². The van der Waals surface area contributed by atoms with Gasteiger partial charge < -0.3 is 15.2 Å². The normalized spacial score (nSPS) is 22.1. The smallest absolute Gasteiger partial charge is 0.317 e. The molecule has 26 heavy (non-hydrogen) atoms. The summed E-state index contributed by atoms with van der Waals surface area (Å²) in [6.07, 6.45) is 5.41. The topological polar surface area (TPSA) is 51.4 Å². The number of aromatic amines is 1. The minimum atomic E-state index is 0.0131. The van der Waals surface area contributed by atoms with E-state index < -0.39 is 0 Å². The van der Waals surface area contributed by atoms with Gasteiger partial charge in [-0.3, -0.25) is 4.90 Å². The van der Waals surface area contributed by atoms with Gasteiger partial charge in [0.1, 0.15) is 0 Å². The van der Waals surface area contributed by atoms with E-state index in [1.54, 1.807) is 0 Å². The summed E-state index contributed by atoms with van der Waals surface area (Å²) in [5.41, 5.74) is 5.13. The van der Waals surface area contributed by atoms with Crippen LogP contribution in [0.4, 0.5) is 4.79 Å². The molecule has 1 aliphatic heterocycles. The van der Waals surface area contributed by atoms with E-state index in [0.29, 0.717) is 6.04 Å². The number of urea groups is 1.